The maximum Gasteiger partial charge on any atom is 0.259 e. The second-order valence-corrected chi connectivity index (χ2v) is 8.14. The Morgan fingerprint density at radius 3 is 2.67 bits per heavy atom. The fourth-order valence-electron chi connectivity index (χ4n) is 2.07. The Balaban J connectivity index is 2.08. The van der Waals surface area contributed by atoms with Crippen molar-refractivity contribution in [3.63, 3.8) is 0 Å². The van der Waals surface area contributed by atoms with E-state index >= 15 is 0 Å². The molecule has 0 unspecified atom stereocenters. The number of nitrogens with one attached hydrogen (secondary N) is 2. The van der Waals surface area contributed by atoms with Gasteiger partial charge in [0.15, 0.2) is 0 Å². The molecule has 0 saturated heterocycles. The number of benzene rings is 1. The smallest absolute Gasteiger partial charge is 0.259 e. The first-order valence-corrected chi connectivity index (χ1v) is 10.3. The Morgan fingerprint density at radius 1 is 1.21 bits per heavy atom. The quantitative estimate of drug-likeness (QED) is 0.698. The summed E-state index contributed by atoms with van der Waals surface area (Å²) < 4.78 is 25.1. The molecule has 0 bridgehead atoms. The van der Waals surface area contributed by atoms with Gasteiger partial charge in [-0.15, -0.1) is 10.2 Å². The van der Waals surface area contributed by atoms with Crippen molar-refractivity contribution < 1.29 is 13.2 Å². The lowest BCUT2D eigenvalue weighted by molar-refractivity contribution is 0.102. The number of rotatable bonds is 8. The molecular weight excluding hydrogens is 348 g/mol. The summed E-state index contributed by atoms with van der Waals surface area (Å²) >= 11 is 1.33. The number of nitrogens with zero attached hydrogens (tertiary/aromatic N) is 2. The fraction of sp³-hybridized carbons (Fsp3) is 0.400. The van der Waals surface area contributed by atoms with Gasteiger partial charge >= 0.3 is 0 Å². The summed E-state index contributed by atoms with van der Waals surface area (Å²) in [4.78, 5) is 12.4. The van der Waals surface area contributed by atoms with Crippen LogP contribution in [0.5, 0.6) is 0 Å². The number of hydrogen-bond acceptors (Lipinski definition) is 6. The minimum Gasteiger partial charge on any atom is -0.296 e. The number of aryl methyl sites for hydroxylation is 1. The molecule has 0 aliphatic rings. The van der Waals surface area contributed by atoms with Crippen molar-refractivity contribution in [1.29, 1.82) is 0 Å². The number of amides is 1. The number of unbranched alkanes of at least 4 members (excludes halogenated alkanes) is 2. The summed E-state index contributed by atoms with van der Waals surface area (Å²) in [6.07, 6.45) is 5.18. The van der Waals surface area contributed by atoms with Crippen LogP contribution in [0.15, 0.2) is 24.3 Å². The van der Waals surface area contributed by atoms with Crippen LogP contribution in [0.25, 0.3) is 0 Å². The summed E-state index contributed by atoms with van der Waals surface area (Å²) in [5.74, 6) is -0.432. The molecule has 0 atom stereocenters. The van der Waals surface area contributed by atoms with Gasteiger partial charge in [-0.3, -0.25) is 14.8 Å². The van der Waals surface area contributed by atoms with E-state index in [9.17, 15) is 13.2 Å². The van der Waals surface area contributed by atoms with Gasteiger partial charge in [0.05, 0.1) is 17.5 Å². The molecule has 0 spiro atoms. The summed E-state index contributed by atoms with van der Waals surface area (Å²) in [7, 11) is -3.47. The van der Waals surface area contributed by atoms with Crippen molar-refractivity contribution in [3.8, 4) is 0 Å². The molecule has 24 heavy (non-hydrogen) atoms. The van der Waals surface area contributed by atoms with Crippen LogP contribution in [-0.4, -0.2) is 30.8 Å². The minimum atomic E-state index is -3.47. The van der Waals surface area contributed by atoms with Crippen LogP contribution < -0.4 is 10.0 Å². The highest BCUT2D eigenvalue weighted by atomic mass is 32.2. The predicted octanol–water partition coefficient (Wildman–Crippen LogP) is 2.89. The standard InChI is InChI=1S/C15H20N4O3S2/c1-3-4-5-10-13-17-18-15(23-13)16-14(20)11-8-6-7-9-12(11)19-24(2,21)22/h6-9,19H,3-5,10H2,1-2H3,(H,16,18,20). The average molecular weight is 368 g/mol. The van der Waals surface area contributed by atoms with E-state index in [1.54, 1.807) is 18.2 Å². The van der Waals surface area contributed by atoms with Crippen LogP contribution >= 0.6 is 11.3 Å². The molecule has 1 amide bonds. The lowest BCUT2D eigenvalue weighted by atomic mass is 10.2. The molecule has 0 aliphatic carbocycles. The number of hydrogen-bond donors (Lipinski definition) is 2. The van der Waals surface area contributed by atoms with Gasteiger partial charge in [0.2, 0.25) is 15.2 Å². The molecule has 1 heterocycles. The Kier molecular flexibility index (Phi) is 6.27. The Bertz CT molecular complexity index is 803. The molecule has 2 N–H and O–H groups in total. The zero-order valence-electron chi connectivity index (χ0n) is 13.6. The molecule has 130 valence electrons. The van der Waals surface area contributed by atoms with Crippen LogP contribution in [0, 0.1) is 0 Å². The van der Waals surface area contributed by atoms with E-state index in [0.717, 1.165) is 36.9 Å². The second-order valence-electron chi connectivity index (χ2n) is 5.33. The van der Waals surface area contributed by atoms with E-state index in [1.165, 1.54) is 17.4 Å². The number of sulfonamides is 1. The maximum atomic E-state index is 12.4. The van der Waals surface area contributed by atoms with Crippen molar-refractivity contribution in [2.45, 2.75) is 32.6 Å². The molecule has 1 aromatic carbocycles. The Morgan fingerprint density at radius 2 is 1.96 bits per heavy atom. The highest BCUT2D eigenvalue weighted by molar-refractivity contribution is 7.92. The molecule has 0 saturated carbocycles. The zero-order valence-corrected chi connectivity index (χ0v) is 15.2. The summed E-state index contributed by atoms with van der Waals surface area (Å²) in [5.41, 5.74) is 0.454. The van der Waals surface area contributed by atoms with Crippen molar-refractivity contribution in [2.75, 3.05) is 16.3 Å². The average Bonchev–Trinajstić information content (AvgIpc) is 2.94. The largest absolute Gasteiger partial charge is 0.296 e. The van der Waals surface area contributed by atoms with Gasteiger partial charge in [0.25, 0.3) is 5.91 Å². The van der Waals surface area contributed by atoms with E-state index in [4.69, 9.17) is 0 Å². The zero-order chi connectivity index (χ0) is 17.6. The minimum absolute atomic E-state index is 0.227. The number of carbonyl (C=O) groups is 1. The van der Waals surface area contributed by atoms with Gasteiger partial charge in [-0.2, -0.15) is 0 Å². The predicted molar refractivity (Wildman–Crippen MR) is 96.0 cm³/mol. The number of aromatic nitrogens is 2. The van der Waals surface area contributed by atoms with Gasteiger partial charge in [0, 0.05) is 6.42 Å². The lowest BCUT2D eigenvalue weighted by Crippen LogP contribution is -2.17. The molecule has 2 rings (SSSR count). The van der Waals surface area contributed by atoms with Gasteiger partial charge in [0.1, 0.15) is 5.01 Å². The van der Waals surface area contributed by atoms with E-state index in [2.05, 4.69) is 27.2 Å². The molecule has 0 radical (unpaired) electrons. The topological polar surface area (TPSA) is 101 Å². The normalized spacial score (nSPS) is 11.2. The van der Waals surface area contributed by atoms with Crippen LogP contribution in [0.4, 0.5) is 10.8 Å². The van der Waals surface area contributed by atoms with Crippen molar-refractivity contribution in [2.24, 2.45) is 0 Å². The van der Waals surface area contributed by atoms with Crippen LogP contribution in [-0.2, 0) is 16.4 Å². The fourth-order valence-corrected chi connectivity index (χ4v) is 3.42. The highest BCUT2D eigenvalue weighted by Crippen LogP contribution is 2.21. The van der Waals surface area contributed by atoms with Crippen molar-refractivity contribution >= 4 is 38.1 Å². The third-order valence-corrected chi connectivity index (χ3v) is 4.64. The van der Waals surface area contributed by atoms with E-state index in [-0.39, 0.29) is 11.3 Å². The van der Waals surface area contributed by atoms with Gasteiger partial charge < -0.3 is 0 Å². The van der Waals surface area contributed by atoms with E-state index < -0.39 is 15.9 Å². The molecule has 0 fully saturated rings. The Labute approximate surface area is 145 Å². The first-order valence-electron chi connectivity index (χ1n) is 7.59. The lowest BCUT2D eigenvalue weighted by Gasteiger charge is -2.09. The van der Waals surface area contributed by atoms with Gasteiger partial charge in [-0.25, -0.2) is 8.42 Å². The van der Waals surface area contributed by atoms with E-state index in [0.29, 0.717) is 5.13 Å². The summed E-state index contributed by atoms with van der Waals surface area (Å²) in [5, 5.41) is 12.0. The summed E-state index contributed by atoms with van der Waals surface area (Å²) in [6.45, 7) is 2.13. The summed E-state index contributed by atoms with van der Waals surface area (Å²) in [6, 6.07) is 6.40. The van der Waals surface area contributed by atoms with Crippen molar-refractivity contribution in [1.82, 2.24) is 10.2 Å². The monoisotopic (exact) mass is 368 g/mol. The van der Waals surface area contributed by atoms with Gasteiger partial charge in [-0.1, -0.05) is 43.2 Å². The molecule has 2 aromatic rings. The number of carbonyl (C=O) groups excluding carboxylic acids is 1. The van der Waals surface area contributed by atoms with E-state index in [1.807, 2.05) is 0 Å². The molecule has 1 aromatic heterocycles. The van der Waals surface area contributed by atoms with Crippen molar-refractivity contribution in [3.05, 3.63) is 34.8 Å². The molecular formula is C15H20N4O3S2. The first-order chi connectivity index (χ1) is 11.4. The third kappa shape index (κ3) is 5.57. The second kappa shape index (κ2) is 8.20. The van der Waals surface area contributed by atoms with Crippen LogP contribution in [0.3, 0.4) is 0 Å². The number of para-hydroxylation sites is 1. The van der Waals surface area contributed by atoms with Crippen LogP contribution in [0.1, 0.15) is 41.6 Å². The maximum absolute atomic E-state index is 12.4. The molecule has 9 heteroatoms. The van der Waals surface area contributed by atoms with Crippen LogP contribution in [0.2, 0.25) is 0 Å². The molecule has 7 nitrogen and oxygen atoms in total. The third-order valence-electron chi connectivity index (χ3n) is 3.15. The Hall–Kier alpha value is -2.00. The SMILES string of the molecule is CCCCCc1nnc(NC(=O)c2ccccc2NS(C)(=O)=O)s1. The van der Waals surface area contributed by atoms with Gasteiger partial charge in [-0.05, 0) is 18.6 Å². The molecule has 0 aliphatic heterocycles. The number of anilines is 2. The highest BCUT2D eigenvalue weighted by Gasteiger charge is 2.15. The first kappa shape index (κ1) is 18.3.